The monoisotopic (exact) mass is 342 g/mol. The summed E-state index contributed by atoms with van der Waals surface area (Å²) in [5.74, 6) is -0.426. The summed E-state index contributed by atoms with van der Waals surface area (Å²) < 4.78 is 7.72. The number of carboxylic acids is 1. The minimum Gasteiger partial charge on any atom is -0.478 e. The van der Waals surface area contributed by atoms with Crippen molar-refractivity contribution in [1.82, 2.24) is 9.47 Å². The van der Waals surface area contributed by atoms with E-state index in [1.54, 1.807) is 17.0 Å². The zero-order valence-electron chi connectivity index (χ0n) is 14.2. The van der Waals surface area contributed by atoms with Crippen LogP contribution in [-0.4, -0.2) is 45.1 Å². The summed E-state index contributed by atoms with van der Waals surface area (Å²) in [7, 11) is 1.91. The Morgan fingerprint density at radius 3 is 2.40 bits per heavy atom. The summed E-state index contributed by atoms with van der Waals surface area (Å²) in [5, 5.41) is 9.68. The number of hydrogen-bond acceptors (Lipinski definition) is 3. The van der Waals surface area contributed by atoms with Crippen LogP contribution in [0.4, 0.5) is 0 Å². The van der Waals surface area contributed by atoms with Crippen LogP contribution in [0.1, 0.15) is 18.4 Å². The Bertz CT molecular complexity index is 746. The number of amides is 1. The molecule has 1 aliphatic heterocycles. The third kappa shape index (κ3) is 3.84. The van der Waals surface area contributed by atoms with E-state index in [0.29, 0.717) is 25.3 Å². The molecule has 0 saturated carbocycles. The van der Waals surface area contributed by atoms with Gasteiger partial charge in [-0.05, 0) is 23.8 Å². The number of hydrogen-bond donors (Lipinski definition) is 1. The first-order valence-corrected chi connectivity index (χ1v) is 8.35. The van der Waals surface area contributed by atoms with Gasteiger partial charge in [0, 0.05) is 45.4 Å². The van der Waals surface area contributed by atoms with Crippen LogP contribution in [0.2, 0.25) is 0 Å². The quantitative estimate of drug-likeness (QED) is 0.903. The summed E-state index contributed by atoms with van der Waals surface area (Å²) in [6.45, 7) is 0.760. The lowest BCUT2D eigenvalue weighted by Gasteiger charge is -2.38. The number of para-hydroxylation sites is 1. The van der Waals surface area contributed by atoms with E-state index in [1.807, 2.05) is 48.3 Å². The summed E-state index contributed by atoms with van der Waals surface area (Å²) >= 11 is 0. The number of likely N-dealkylation sites (tertiary alicyclic amines) is 1. The molecule has 1 fully saturated rings. The maximum absolute atomic E-state index is 12.4. The van der Waals surface area contributed by atoms with Gasteiger partial charge in [-0.1, -0.05) is 18.2 Å². The van der Waals surface area contributed by atoms with E-state index >= 15 is 0 Å². The minimum atomic E-state index is -1.27. The molecular formula is C19H22N2O4. The van der Waals surface area contributed by atoms with Crippen LogP contribution >= 0.6 is 0 Å². The lowest BCUT2D eigenvalue weighted by molar-refractivity contribution is -0.161. The highest BCUT2D eigenvalue weighted by Gasteiger charge is 2.44. The number of nitrogens with zero attached hydrogens (tertiary/aromatic N) is 2. The number of rotatable bonds is 5. The van der Waals surface area contributed by atoms with Gasteiger partial charge in [-0.15, -0.1) is 0 Å². The Hall–Kier alpha value is -2.76. The molecule has 25 heavy (non-hydrogen) atoms. The zero-order chi connectivity index (χ0) is 17.9. The molecule has 1 amide bonds. The lowest BCUT2D eigenvalue weighted by Crippen LogP contribution is -2.54. The van der Waals surface area contributed by atoms with Gasteiger partial charge in [0.1, 0.15) is 5.75 Å². The fraction of sp³-hybridized carbons (Fsp3) is 0.368. The van der Waals surface area contributed by atoms with Gasteiger partial charge in [-0.3, -0.25) is 4.79 Å². The van der Waals surface area contributed by atoms with E-state index < -0.39 is 11.6 Å². The van der Waals surface area contributed by atoms with Crippen molar-refractivity contribution >= 4 is 11.9 Å². The van der Waals surface area contributed by atoms with Crippen molar-refractivity contribution < 1.29 is 19.4 Å². The number of carbonyl (C=O) groups excluding carboxylic acids is 1. The Balaban J connectivity index is 1.63. The molecule has 1 saturated heterocycles. The standard InChI is InChI=1S/C19H22N2O4/c1-20-10-7-15(14-20)13-17(22)21-11-8-19(9-12-21,18(23)24)25-16-5-3-2-4-6-16/h2-7,10,14H,8-9,11-13H2,1H3,(H,23,24). The first-order valence-electron chi connectivity index (χ1n) is 8.35. The molecular weight excluding hydrogens is 320 g/mol. The van der Waals surface area contributed by atoms with Crippen molar-refractivity contribution in [2.75, 3.05) is 13.1 Å². The number of ether oxygens (including phenoxy) is 1. The summed E-state index contributed by atoms with van der Waals surface area (Å²) in [5.41, 5.74) is -0.312. The minimum absolute atomic E-state index is 0.0184. The predicted molar refractivity (Wildman–Crippen MR) is 92.4 cm³/mol. The highest BCUT2D eigenvalue weighted by molar-refractivity contribution is 5.81. The van der Waals surface area contributed by atoms with Crippen molar-refractivity contribution in [2.45, 2.75) is 24.9 Å². The van der Waals surface area contributed by atoms with Gasteiger partial charge in [0.05, 0.1) is 6.42 Å². The molecule has 6 nitrogen and oxygen atoms in total. The van der Waals surface area contributed by atoms with Gasteiger partial charge in [0.25, 0.3) is 0 Å². The number of aryl methyl sites for hydroxylation is 1. The van der Waals surface area contributed by atoms with Gasteiger partial charge in [0.15, 0.2) is 0 Å². The summed E-state index contributed by atoms with van der Waals surface area (Å²) in [6.07, 6.45) is 4.71. The third-order valence-corrected chi connectivity index (χ3v) is 4.62. The SMILES string of the molecule is Cn1ccc(CC(=O)N2CCC(Oc3ccccc3)(C(=O)O)CC2)c1. The smallest absolute Gasteiger partial charge is 0.348 e. The molecule has 0 radical (unpaired) electrons. The molecule has 0 aliphatic carbocycles. The third-order valence-electron chi connectivity index (χ3n) is 4.62. The highest BCUT2D eigenvalue weighted by atomic mass is 16.5. The Labute approximate surface area is 146 Å². The number of aliphatic carboxylic acids is 1. The van der Waals surface area contributed by atoms with Gasteiger partial charge >= 0.3 is 5.97 Å². The van der Waals surface area contributed by atoms with Gasteiger partial charge in [0.2, 0.25) is 11.5 Å². The summed E-state index contributed by atoms with van der Waals surface area (Å²) in [6, 6.07) is 10.9. The fourth-order valence-corrected chi connectivity index (χ4v) is 3.14. The second kappa shape index (κ2) is 7.01. The molecule has 2 aromatic rings. The maximum Gasteiger partial charge on any atom is 0.348 e. The molecule has 0 spiro atoms. The molecule has 2 heterocycles. The van der Waals surface area contributed by atoms with Crippen molar-refractivity contribution in [3.8, 4) is 5.75 Å². The van der Waals surface area contributed by atoms with Crippen LogP contribution in [0, 0.1) is 0 Å². The number of benzene rings is 1. The molecule has 1 aliphatic rings. The summed E-state index contributed by atoms with van der Waals surface area (Å²) in [4.78, 5) is 26.0. The first-order chi connectivity index (χ1) is 12.0. The Morgan fingerprint density at radius 2 is 1.84 bits per heavy atom. The van der Waals surface area contributed by atoms with Crippen molar-refractivity contribution in [3.05, 3.63) is 54.4 Å². The van der Waals surface area contributed by atoms with Crippen LogP contribution in [0.15, 0.2) is 48.8 Å². The fourth-order valence-electron chi connectivity index (χ4n) is 3.14. The normalized spacial score (nSPS) is 16.4. The average molecular weight is 342 g/mol. The largest absolute Gasteiger partial charge is 0.478 e. The Kier molecular flexibility index (Phi) is 4.79. The van der Waals surface area contributed by atoms with Crippen molar-refractivity contribution in [3.63, 3.8) is 0 Å². The first kappa shape index (κ1) is 17.1. The van der Waals surface area contributed by atoms with Crippen molar-refractivity contribution in [2.24, 2.45) is 7.05 Å². The molecule has 6 heteroatoms. The average Bonchev–Trinajstić information content (AvgIpc) is 3.01. The molecule has 132 valence electrons. The van der Waals surface area contributed by atoms with Crippen molar-refractivity contribution in [1.29, 1.82) is 0 Å². The molecule has 0 atom stereocenters. The topological polar surface area (TPSA) is 71.8 Å². The lowest BCUT2D eigenvalue weighted by atomic mass is 9.90. The van der Waals surface area contributed by atoms with Gasteiger partial charge < -0.3 is 19.3 Å². The molecule has 1 aromatic heterocycles. The second-order valence-corrected chi connectivity index (χ2v) is 6.46. The van der Waals surface area contributed by atoms with E-state index in [4.69, 9.17) is 4.74 Å². The zero-order valence-corrected chi connectivity index (χ0v) is 14.2. The van der Waals surface area contributed by atoms with Gasteiger partial charge in [-0.2, -0.15) is 0 Å². The van der Waals surface area contributed by atoms with E-state index in [0.717, 1.165) is 5.56 Å². The number of piperidine rings is 1. The molecule has 0 bridgehead atoms. The van der Waals surface area contributed by atoms with Crippen LogP contribution in [0.5, 0.6) is 5.75 Å². The van der Waals surface area contributed by atoms with E-state index in [1.165, 1.54) is 0 Å². The second-order valence-electron chi connectivity index (χ2n) is 6.46. The molecule has 1 aromatic carbocycles. The molecule has 1 N–H and O–H groups in total. The Morgan fingerprint density at radius 1 is 1.16 bits per heavy atom. The van der Waals surface area contributed by atoms with E-state index in [2.05, 4.69) is 0 Å². The van der Waals surface area contributed by atoms with E-state index in [9.17, 15) is 14.7 Å². The highest BCUT2D eigenvalue weighted by Crippen LogP contribution is 2.29. The number of carboxylic acid groups (broad SMARTS) is 1. The van der Waals surface area contributed by atoms with Gasteiger partial charge in [-0.25, -0.2) is 4.79 Å². The molecule has 0 unspecified atom stereocenters. The predicted octanol–water partition coefficient (Wildman–Crippen LogP) is 2.09. The van der Waals surface area contributed by atoms with Crippen LogP contribution in [-0.2, 0) is 23.1 Å². The van der Waals surface area contributed by atoms with Crippen LogP contribution < -0.4 is 4.74 Å². The van der Waals surface area contributed by atoms with E-state index in [-0.39, 0.29) is 18.7 Å². The number of aromatic nitrogens is 1. The van der Waals surface area contributed by atoms with Crippen LogP contribution in [0.25, 0.3) is 0 Å². The number of carbonyl (C=O) groups is 2. The van der Waals surface area contributed by atoms with Crippen LogP contribution in [0.3, 0.4) is 0 Å². The molecule has 3 rings (SSSR count). The maximum atomic E-state index is 12.4.